The molecule has 7 heteroatoms. The summed E-state index contributed by atoms with van der Waals surface area (Å²) in [5.74, 6) is -0.312. The first kappa shape index (κ1) is 14.3. The number of hydrogen-bond donors (Lipinski definition) is 2. The molecule has 108 valence electrons. The molecule has 2 rings (SSSR count). The van der Waals surface area contributed by atoms with E-state index in [4.69, 9.17) is 16.2 Å². The van der Waals surface area contributed by atoms with Gasteiger partial charge in [-0.25, -0.2) is 0 Å². The van der Waals surface area contributed by atoms with Crippen LogP contribution >= 0.6 is 0 Å². The van der Waals surface area contributed by atoms with Crippen molar-refractivity contribution in [2.45, 2.75) is 6.61 Å². The van der Waals surface area contributed by atoms with Crippen LogP contribution in [-0.2, 0) is 6.61 Å². The highest BCUT2D eigenvalue weighted by molar-refractivity contribution is 5.95. The molecular formula is C14H13N3O4. The van der Waals surface area contributed by atoms with Gasteiger partial charge in [0.25, 0.3) is 11.6 Å². The van der Waals surface area contributed by atoms with Gasteiger partial charge >= 0.3 is 0 Å². The molecule has 1 amide bonds. The Kier molecular flexibility index (Phi) is 4.03. The van der Waals surface area contributed by atoms with Crippen molar-refractivity contribution in [1.29, 1.82) is 0 Å². The fourth-order valence-corrected chi connectivity index (χ4v) is 1.84. The fourth-order valence-electron chi connectivity index (χ4n) is 1.84. The number of nitro benzene ring substituents is 1. The number of benzene rings is 2. The lowest BCUT2D eigenvalue weighted by atomic mass is 10.1. The van der Waals surface area contributed by atoms with Crippen LogP contribution in [0.4, 0.5) is 11.4 Å². The highest BCUT2D eigenvalue weighted by Gasteiger charge is 2.15. The third-order valence-corrected chi connectivity index (χ3v) is 2.91. The molecule has 2 aromatic rings. The Morgan fingerprint density at radius 3 is 2.57 bits per heavy atom. The number of ether oxygens (including phenoxy) is 1. The second-order valence-electron chi connectivity index (χ2n) is 4.26. The van der Waals surface area contributed by atoms with E-state index in [9.17, 15) is 14.9 Å². The van der Waals surface area contributed by atoms with Crippen molar-refractivity contribution in [2.24, 2.45) is 5.73 Å². The molecule has 7 nitrogen and oxygen atoms in total. The standard InChI is InChI=1S/C14H13N3O4/c15-13-9(4-3-6-11(13)17(19)20)8-21-12-7-2-1-5-10(12)14(16)18/h1-7H,8,15H2,(H2,16,18). The van der Waals surface area contributed by atoms with Crippen LogP contribution in [0.3, 0.4) is 0 Å². The lowest BCUT2D eigenvalue weighted by molar-refractivity contribution is -0.384. The van der Waals surface area contributed by atoms with Gasteiger partial charge in [0, 0.05) is 11.6 Å². The summed E-state index contributed by atoms with van der Waals surface area (Å²) in [6.07, 6.45) is 0. The van der Waals surface area contributed by atoms with Gasteiger partial charge in [0.15, 0.2) is 0 Å². The van der Waals surface area contributed by atoms with Gasteiger partial charge in [-0.15, -0.1) is 0 Å². The first-order chi connectivity index (χ1) is 10.0. The molecule has 0 heterocycles. The van der Waals surface area contributed by atoms with E-state index in [1.165, 1.54) is 18.2 Å². The highest BCUT2D eigenvalue weighted by atomic mass is 16.6. The number of hydrogen-bond acceptors (Lipinski definition) is 5. The van der Waals surface area contributed by atoms with E-state index in [0.717, 1.165) is 0 Å². The Bertz CT molecular complexity index is 700. The maximum absolute atomic E-state index is 11.3. The molecule has 21 heavy (non-hydrogen) atoms. The van der Waals surface area contributed by atoms with Crippen LogP contribution in [0.15, 0.2) is 42.5 Å². The van der Waals surface area contributed by atoms with Gasteiger partial charge in [-0.2, -0.15) is 0 Å². The monoisotopic (exact) mass is 287 g/mol. The summed E-state index contributed by atoms with van der Waals surface area (Å²) in [4.78, 5) is 21.5. The molecule has 0 aliphatic rings. The third kappa shape index (κ3) is 3.08. The number of carbonyl (C=O) groups is 1. The SMILES string of the molecule is NC(=O)c1ccccc1OCc1cccc([N+](=O)[O-])c1N. The zero-order chi connectivity index (χ0) is 15.4. The van der Waals surface area contributed by atoms with Crippen molar-refractivity contribution in [2.75, 3.05) is 5.73 Å². The molecule has 0 bridgehead atoms. The van der Waals surface area contributed by atoms with Gasteiger partial charge in [-0.1, -0.05) is 24.3 Å². The quantitative estimate of drug-likeness (QED) is 0.493. The van der Waals surface area contributed by atoms with Crippen molar-refractivity contribution in [3.63, 3.8) is 0 Å². The van der Waals surface area contributed by atoms with Gasteiger partial charge in [0.1, 0.15) is 18.0 Å². The zero-order valence-electron chi connectivity index (χ0n) is 11.0. The van der Waals surface area contributed by atoms with Gasteiger partial charge in [-0.05, 0) is 12.1 Å². The number of anilines is 1. The molecule has 2 aromatic carbocycles. The molecule has 0 atom stereocenters. The van der Waals surface area contributed by atoms with Crippen LogP contribution in [0.2, 0.25) is 0 Å². The second-order valence-corrected chi connectivity index (χ2v) is 4.26. The molecule has 4 N–H and O–H groups in total. The fraction of sp³-hybridized carbons (Fsp3) is 0.0714. The first-order valence-electron chi connectivity index (χ1n) is 6.04. The molecule has 0 saturated carbocycles. The average molecular weight is 287 g/mol. The van der Waals surface area contributed by atoms with Gasteiger partial charge < -0.3 is 16.2 Å². The van der Waals surface area contributed by atoms with E-state index in [0.29, 0.717) is 11.3 Å². The van der Waals surface area contributed by atoms with Crippen LogP contribution in [0.1, 0.15) is 15.9 Å². The second kappa shape index (κ2) is 5.91. The van der Waals surface area contributed by atoms with Gasteiger partial charge in [0.05, 0.1) is 10.5 Å². The predicted molar refractivity (Wildman–Crippen MR) is 76.8 cm³/mol. The summed E-state index contributed by atoms with van der Waals surface area (Å²) in [5, 5.41) is 10.8. The Morgan fingerprint density at radius 1 is 1.19 bits per heavy atom. The van der Waals surface area contributed by atoms with Crippen LogP contribution in [0.5, 0.6) is 5.75 Å². The lowest BCUT2D eigenvalue weighted by Gasteiger charge is -2.11. The Hall–Kier alpha value is -3.09. The van der Waals surface area contributed by atoms with Crippen LogP contribution in [-0.4, -0.2) is 10.8 Å². The summed E-state index contributed by atoms with van der Waals surface area (Å²) in [6.45, 7) is -0.00218. The van der Waals surface area contributed by atoms with Crippen LogP contribution in [0.25, 0.3) is 0 Å². The molecule has 0 radical (unpaired) electrons. The Balaban J connectivity index is 2.23. The Labute approximate surface area is 120 Å². The molecule has 0 saturated heterocycles. The average Bonchev–Trinajstić information content (AvgIpc) is 2.46. The molecule has 0 fully saturated rings. The number of nitrogens with zero attached hydrogens (tertiary/aromatic N) is 1. The molecule has 0 aromatic heterocycles. The number of nitro groups is 1. The number of nitrogen functional groups attached to an aromatic ring is 1. The van der Waals surface area contributed by atoms with Crippen LogP contribution in [0, 0.1) is 10.1 Å². The van der Waals surface area contributed by atoms with Crippen molar-refractivity contribution in [3.05, 3.63) is 63.7 Å². The van der Waals surface area contributed by atoms with Crippen molar-refractivity contribution in [3.8, 4) is 5.75 Å². The number of primary amides is 1. The molecule has 0 aliphatic carbocycles. The van der Waals surface area contributed by atoms with E-state index in [-0.39, 0.29) is 23.5 Å². The number of carbonyl (C=O) groups excluding carboxylic acids is 1. The van der Waals surface area contributed by atoms with E-state index in [2.05, 4.69) is 0 Å². The van der Waals surface area contributed by atoms with E-state index in [1.54, 1.807) is 24.3 Å². The number of para-hydroxylation sites is 2. The van der Waals surface area contributed by atoms with E-state index < -0.39 is 10.8 Å². The Morgan fingerprint density at radius 2 is 1.90 bits per heavy atom. The van der Waals surface area contributed by atoms with Gasteiger partial charge in [-0.3, -0.25) is 14.9 Å². The summed E-state index contributed by atoms with van der Waals surface area (Å²) in [7, 11) is 0. The van der Waals surface area contributed by atoms with Crippen molar-refractivity contribution < 1.29 is 14.5 Å². The molecule has 0 unspecified atom stereocenters. The summed E-state index contributed by atoms with van der Waals surface area (Å²) in [5.41, 5.74) is 11.5. The minimum atomic E-state index is -0.613. The highest BCUT2D eigenvalue weighted by Crippen LogP contribution is 2.26. The lowest BCUT2D eigenvalue weighted by Crippen LogP contribution is -2.13. The minimum Gasteiger partial charge on any atom is -0.488 e. The van der Waals surface area contributed by atoms with E-state index in [1.807, 2.05) is 0 Å². The predicted octanol–water partition coefficient (Wildman–Crippen LogP) is 1.85. The summed E-state index contributed by atoms with van der Waals surface area (Å²) in [6, 6.07) is 10.9. The largest absolute Gasteiger partial charge is 0.488 e. The molecular weight excluding hydrogens is 274 g/mol. The maximum Gasteiger partial charge on any atom is 0.292 e. The number of nitrogens with two attached hydrogens (primary N) is 2. The van der Waals surface area contributed by atoms with Crippen LogP contribution < -0.4 is 16.2 Å². The summed E-state index contributed by atoms with van der Waals surface area (Å²) < 4.78 is 5.50. The topological polar surface area (TPSA) is 121 Å². The summed E-state index contributed by atoms with van der Waals surface area (Å²) >= 11 is 0. The molecule has 0 spiro atoms. The number of amides is 1. The molecule has 0 aliphatic heterocycles. The third-order valence-electron chi connectivity index (χ3n) is 2.91. The first-order valence-corrected chi connectivity index (χ1v) is 6.04. The maximum atomic E-state index is 11.3. The smallest absolute Gasteiger partial charge is 0.292 e. The van der Waals surface area contributed by atoms with Crippen molar-refractivity contribution >= 4 is 17.3 Å². The zero-order valence-corrected chi connectivity index (χ0v) is 11.0. The normalized spacial score (nSPS) is 10.1. The van der Waals surface area contributed by atoms with Crippen molar-refractivity contribution in [1.82, 2.24) is 0 Å². The van der Waals surface area contributed by atoms with E-state index >= 15 is 0 Å². The van der Waals surface area contributed by atoms with Gasteiger partial charge in [0.2, 0.25) is 0 Å². The number of rotatable bonds is 5. The minimum absolute atomic E-state index is 0.00218.